The molecule has 2 aromatic rings. The second-order valence-corrected chi connectivity index (χ2v) is 8.88. The first-order valence-electron chi connectivity index (χ1n) is 9.88. The molecule has 2 amide bonds. The minimum Gasteiger partial charge on any atom is -0.332 e. The Hall–Kier alpha value is -2.47. The number of hydrogen-bond acceptors (Lipinski definition) is 4. The number of likely N-dealkylation sites (tertiary alicyclic amines) is 1. The van der Waals surface area contributed by atoms with Crippen LogP contribution in [0.1, 0.15) is 68.0 Å². The zero-order valence-corrected chi connectivity index (χ0v) is 18.1. The number of rotatable bonds is 3. The third-order valence-corrected chi connectivity index (χ3v) is 5.30. The van der Waals surface area contributed by atoms with Crippen LogP contribution in [0, 0.1) is 12.3 Å². The maximum atomic E-state index is 12.9. The Morgan fingerprint density at radius 1 is 1.17 bits per heavy atom. The van der Waals surface area contributed by atoms with Gasteiger partial charge in [0.15, 0.2) is 5.82 Å². The number of piperidine rings is 1. The smallest absolute Gasteiger partial charge is 0.259 e. The minimum absolute atomic E-state index is 0.105. The van der Waals surface area contributed by atoms with Crippen LogP contribution in [0.5, 0.6) is 0 Å². The average Bonchev–Trinajstić information content (AvgIpc) is 2.68. The van der Waals surface area contributed by atoms with Crippen LogP contribution in [-0.4, -0.2) is 33.2 Å². The zero-order chi connectivity index (χ0) is 21.2. The fourth-order valence-corrected chi connectivity index (χ4v) is 3.60. The molecular formula is C22H27ClN4O2. The first-order chi connectivity index (χ1) is 13.7. The molecule has 6 nitrogen and oxygen atoms in total. The van der Waals surface area contributed by atoms with Crippen LogP contribution in [0.25, 0.3) is 0 Å². The molecule has 1 aliphatic rings. The molecule has 7 heteroatoms. The summed E-state index contributed by atoms with van der Waals surface area (Å²) in [5, 5.41) is 3.44. The number of nitrogens with zero attached hydrogens (tertiary/aromatic N) is 3. The second-order valence-electron chi connectivity index (χ2n) is 8.45. The van der Waals surface area contributed by atoms with Crippen LogP contribution in [0.2, 0.25) is 5.02 Å². The molecule has 1 aromatic heterocycles. The van der Waals surface area contributed by atoms with Gasteiger partial charge in [-0.2, -0.15) is 0 Å². The Morgan fingerprint density at radius 2 is 1.86 bits per heavy atom. The molecule has 0 saturated carbocycles. The Bertz CT molecular complexity index is 906. The van der Waals surface area contributed by atoms with Crippen molar-refractivity contribution in [3.05, 3.63) is 52.6 Å². The van der Waals surface area contributed by atoms with E-state index >= 15 is 0 Å². The van der Waals surface area contributed by atoms with E-state index in [0.717, 1.165) is 19.3 Å². The number of nitrogens with one attached hydrogen (secondary N) is 1. The van der Waals surface area contributed by atoms with E-state index in [0.29, 0.717) is 34.3 Å². The largest absolute Gasteiger partial charge is 0.332 e. The molecule has 0 radical (unpaired) electrons. The van der Waals surface area contributed by atoms with E-state index in [2.05, 4.69) is 15.3 Å². The van der Waals surface area contributed by atoms with Gasteiger partial charge in [0, 0.05) is 28.9 Å². The molecule has 0 spiro atoms. The van der Waals surface area contributed by atoms with Crippen molar-refractivity contribution in [3.63, 3.8) is 0 Å². The Labute approximate surface area is 176 Å². The van der Waals surface area contributed by atoms with Crippen molar-refractivity contribution in [1.29, 1.82) is 0 Å². The molecule has 0 bridgehead atoms. The first-order valence-corrected chi connectivity index (χ1v) is 10.3. The molecule has 154 valence electrons. The normalized spacial score (nSPS) is 17.1. The molecule has 29 heavy (non-hydrogen) atoms. The van der Waals surface area contributed by atoms with Gasteiger partial charge in [-0.3, -0.25) is 9.59 Å². The van der Waals surface area contributed by atoms with Crippen LogP contribution in [0.3, 0.4) is 0 Å². The number of hydrogen-bond donors (Lipinski definition) is 1. The van der Waals surface area contributed by atoms with Gasteiger partial charge < -0.3 is 10.2 Å². The number of halogens is 1. The summed E-state index contributed by atoms with van der Waals surface area (Å²) in [6, 6.07) is 6.76. The molecule has 1 aromatic carbocycles. The van der Waals surface area contributed by atoms with Crippen LogP contribution in [0.4, 0.5) is 5.69 Å². The fraction of sp³-hybridized carbons (Fsp3) is 0.455. The molecule has 3 rings (SSSR count). The van der Waals surface area contributed by atoms with E-state index in [9.17, 15) is 9.59 Å². The summed E-state index contributed by atoms with van der Waals surface area (Å²) in [6.07, 6.45) is 4.40. The number of benzene rings is 1. The minimum atomic E-state index is -0.455. The molecule has 1 fully saturated rings. The summed E-state index contributed by atoms with van der Waals surface area (Å²) in [5.41, 5.74) is 1.20. The van der Waals surface area contributed by atoms with Crippen LogP contribution in [-0.2, 0) is 4.79 Å². The van der Waals surface area contributed by atoms with Crippen molar-refractivity contribution in [2.45, 2.75) is 53.0 Å². The number of carbonyl (C=O) groups excluding carboxylic acids is 2. The first kappa shape index (κ1) is 21.2. The van der Waals surface area contributed by atoms with E-state index in [4.69, 9.17) is 11.6 Å². The third-order valence-electron chi connectivity index (χ3n) is 5.05. The summed E-state index contributed by atoms with van der Waals surface area (Å²) >= 11 is 5.88. The van der Waals surface area contributed by atoms with Gasteiger partial charge in [-0.25, -0.2) is 9.97 Å². The summed E-state index contributed by atoms with van der Waals surface area (Å²) in [5.74, 6) is 0.429. The topological polar surface area (TPSA) is 75.2 Å². The summed E-state index contributed by atoms with van der Waals surface area (Å²) in [4.78, 5) is 36.5. The summed E-state index contributed by atoms with van der Waals surface area (Å²) < 4.78 is 0. The molecule has 1 saturated heterocycles. The Balaban J connectivity index is 1.81. The number of aryl methyl sites for hydroxylation is 1. The maximum absolute atomic E-state index is 12.9. The second kappa shape index (κ2) is 8.49. The van der Waals surface area contributed by atoms with Gasteiger partial charge in [0.1, 0.15) is 0 Å². The van der Waals surface area contributed by atoms with Gasteiger partial charge in [0.25, 0.3) is 5.91 Å². The van der Waals surface area contributed by atoms with E-state index in [1.54, 1.807) is 37.4 Å². The van der Waals surface area contributed by atoms with E-state index in [1.807, 2.05) is 25.7 Å². The van der Waals surface area contributed by atoms with Crippen molar-refractivity contribution in [3.8, 4) is 0 Å². The number of amides is 2. The molecule has 2 heterocycles. The third kappa shape index (κ3) is 4.93. The highest BCUT2D eigenvalue weighted by Gasteiger charge is 2.35. The molecular weight excluding hydrogens is 388 g/mol. The van der Waals surface area contributed by atoms with E-state index < -0.39 is 5.41 Å². The van der Waals surface area contributed by atoms with Crippen LogP contribution in [0.15, 0.2) is 30.5 Å². The lowest BCUT2D eigenvalue weighted by Crippen LogP contribution is -2.44. The fourth-order valence-electron chi connectivity index (χ4n) is 3.47. The quantitative estimate of drug-likeness (QED) is 0.783. The monoisotopic (exact) mass is 414 g/mol. The van der Waals surface area contributed by atoms with Crippen molar-refractivity contribution in [2.75, 3.05) is 11.9 Å². The lowest BCUT2D eigenvalue weighted by molar-refractivity contribution is -0.143. The Kier molecular flexibility index (Phi) is 6.22. The maximum Gasteiger partial charge on any atom is 0.259 e. The average molecular weight is 415 g/mol. The van der Waals surface area contributed by atoms with Crippen LogP contribution < -0.4 is 5.32 Å². The lowest BCUT2D eigenvalue weighted by Gasteiger charge is -2.38. The number of anilines is 1. The van der Waals surface area contributed by atoms with Gasteiger partial charge >= 0.3 is 0 Å². The van der Waals surface area contributed by atoms with Crippen molar-refractivity contribution >= 4 is 29.1 Å². The molecule has 0 aliphatic carbocycles. The highest BCUT2D eigenvalue weighted by Crippen LogP contribution is 2.33. The molecule has 1 N–H and O–H groups in total. The predicted molar refractivity (Wildman–Crippen MR) is 114 cm³/mol. The summed E-state index contributed by atoms with van der Waals surface area (Å²) in [6.45, 7) is 8.29. The highest BCUT2D eigenvalue weighted by atomic mass is 35.5. The lowest BCUT2D eigenvalue weighted by atomic mass is 9.91. The molecule has 0 unspecified atom stereocenters. The van der Waals surface area contributed by atoms with E-state index in [1.165, 1.54) is 0 Å². The summed E-state index contributed by atoms with van der Waals surface area (Å²) in [7, 11) is 0. The van der Waals surface area contributed by atoms with Crippen molar-refractivity contribution in [2.24, 2.45) is 5.41 Å². The molecule has 1 aliphatic heterocycles. The van der Waals surface area contributed by atoms with Crippen molar-refractivity contribution < 1.29 is 9.59 Å². The molecule has 1 atom stereocenters. The highest BCUT2D eigenvalue weighted by molar-refractivity contribution is 6.30. The van der Waals surface area contributed by atoms with Gasteiger partial charge in [-0.1, -0.05) is 32.4 Å². The Morgan fingerprint density at radius 3 is 2.48 bits per heavy atom. The van der Waals surface area contributed by atoms with Crippen LogP contribution >= 0.6 is 11.6 Å². The predicted octanol–water partition coefficient (Wildman–Crippen LogP) is 4.79. The van der Waals surface area contributed by atoms with Crippen molar-refractivity contribution in [1.82, 2.24) is 14.9 Å². The van der Waals surface area contributed by atoms with E-state index in [-0.39, 0.29) is 17.9 Å². The standard InChI is InChI=1S/C22H27ClN4O2/c1-14-17(20(28)26-16-10-8-15(23)9-11-16)13-24-19(25-14)18-7-5-6-12-27(18)21(29)22(2,3)4/h8-11,13,18H,5-7,12H2,1-4H3,(H,26,28)/t18-/m1/s1. The number of carbonyl (C=O) groups is 2. The van der Waals surface area contributed by atoms with Gasteiger partial charge in [0.05, 0.1) is 17.3 Å². The zero-order valence-electron chi connectivity index (χ0n) is 17.3. The van der Waals surface area contributed by atoms with Gasteiger partial charge in [-0.15, -0.1) is 0 Å². The van der Waals surface area contributed by atoms with Gasteiger partial charge in [-0.05, 0) is 50.5 Å². The number of aromatic nitrogens is 2. The van der Waals surface area contributed by atoms with Gasteiger partial charge in [0.2, 0.25) is 5.91 Å². The SMILES string of the molecule is Cc1nc([C@H]2CCCCN2C(=O)C(C)(C)C)ncc1C(=O)Nc1ccc(Cl)cc1.